The molecule has 1 fully saturated rings. The van der Waals surface area contributed by atoms with E-state index >= 15 is 0 Å². The zero-order valence-corrected chi connectivity index (χ0v) is 16.2. The molecule has 5 nitrogen and oxygen atoms in total. The van der Waals surface area contributed by atoms with Crippen LogP contribution in [-0.2, 0) is 13.0 Å². The molecule has 0 spiro atoms. The summed E-state index contributed by atoms with van der Waals surface area (Å²) in [7, 11) is 0. The number of rotatable bonds is 5. The summed E-state index contributed by atoms with van der Waals surface area (Å²) in [6.45, 7) is 6.88. The molecule has 8 heteroatoms. The Balaban J connectivity index is 1.32. The molecule has 0 aliphatic carbocycles. The molecule has 26 heavy (non-hydrogen) atoms. The highest BCUT2D eigenvalue weighted by molar-refractivity contribution is 7.15. The highest BCUT2D eigenvalue weighted by atomic mass is 32.1. The van der Waals surface area contributed by atoms with E-state index < -0.39 is 0 Å². The third kappa shape index (κ3) is 4.25. The Labute approximate surface area is 160 Å². The van der Waals surface area contributed by atoms with Gasteiger partial charge < -0.3 is 4.90 Å². The first-order chi connectivity index (χ1) is 12.7. The highest BCUT2D eigenvalue weighted by Gasteiger charge is 2.20. The van der Waals surface area contributed by atoms with E-state index in [0.29, 0.717) is 6.42 Å². The van der Waals surface area contributed by atoms with Gasteiger partial charge in [-0.25, -0.2) is 9.37 Å². The largest absolute Gasteiger partial charge is 0.344 e. The maximum atomic E-state index is 13.0. The van der Waals surface area contributed by atoms with Crippen LogP contribution in [0.1, 0.15) is 21.3 Å². The Morgan fingerprint density at radius 1 is 1.08 bits per heavy atom. The lowest BCUT2D eigenvalue weighted by molar-refractivity contribution is 0.247. The lowest BCUT2D eigenvalue weighted by Crippen LogP contribution is -2.46. The van der Waals surface area contributed by atoms with Gasteiger partial charge >= 0.3 is 0 Å². The van der Waals surface area contributed by atoms with Crippen LogP contribution >= 0.6 is 22.7 Å². The molecule has 1 aliphatic heterocycles. The molecular weight excluding hydrogens is 369 g/mol. The van der Waals surface area contributed by atoms with Crippen LogP contribution in [-0.4, -0.2) is 46.3 Å². The van der Waals surface area contributed by atoms with Crippen LogP contribution in [0.15, 0.2) is 29.6 Å². The molecule has 3 aromatic rings. The summed E-state index contributed by atoms with van der Waals surface area (Å²) in [5.74, 6) is -0.211. The number of piperazine rings is 1. The first kappa shape index (κ1) is 17.5. The number of halogens is 1. The second-order valence-electron chi connectivity index (χ2n) is 6.40. The number of hydrogen-bond acceptors (Lipinski definition) is 7. The Hall–Kier alpha value is -1.90. The van der Waals surface area contributed by atoms with Gasteiger partial charge in [-0.05, 0) is 24.6 Å². The lowest BCUT2D eigenvalue weighted by Gasteiger charge is -2.33. The maximum absolute atomic E-state index is 13.0. The lowest BCUT2D eigenvalue weighted by atomic mass is 10.2. The molecule has 0 radical (unpaired) electrons. The predicted octanol–water partition coefficient (Wildman–Crippen LogP) is 3.36. The molecule has 0 N–H and O–H groups in total. The molecule has 4 rings (SSSR count). The minimum Gasteiger partial charge on any atom is -0.344 e. The topological polar surface area (TPSA) is 45.2 Å². The molecule has 3 heterocycles. The monoisotopic (exact) mass is 389 g/mol. The van der Waals surface area contributed by atoms with Crippen LogP contribution in [0.5, 0.6) is 0 Å². The summed E-state index contributed by atoms with van der Waals surface area (Å²) in [4.78, 5) is 9.29. The van der Waals surface area contributed by atoms with E-state index in [2.05, 4.69) is 30.4 Å². The number of aryl methyl sites for hydroxylation is 1. The van der Waals surface area contributed by atoms with Crippen molar-refractivity contribution in [1.29, 1.82) is 0 Å². The fraction of sp³-hybridized carbons (Fsp3) is 0.389. The van der Waals surface area contributed by atoms with Gasteiger partial charge in [-0.15, -0.1) is 21.5 Å². The third-order valence-corrected chi connectivity index (χ3v) is 6.23. The van der Waals surface area contributed by atoms with Gasteiger partial charge in [0.2, 0.25) is 5.13 Å². The average molecular weight is 390 g/mol. The van der Waals surface area contributed by atoms with Gasteiger partial charge in [-0.2, -0.15) is 0 Å². The Kier molecular flexibility index (Phi) is 5.23. The van der Waals surface area contributed by atoms with Crippen LogP contribution in [0.4, 0.5) is 9.52 Å². The van der Waals surface area contributed by atoms with E-state index in [1.807, 2.05) is 6.92 Å². The van der Waals surface area contributed by atoms with Gasteiger partial charge in [0, 0.05) is 44.5 Å². The summed E-state index contributed by atoms with van der Waals surface area (Å²) in [6.07, 6.45) is 0.696. The number of anilines is 1. The highest BCUT2D eigenvalue weighted by Crippen LogP contribution is 2.24. The van der Waals surface area contributed by atoms with Crippen molar-refractivity contribution in [3.05, 3.63) is 56.7 Å². The standard InChI is InChI=1S/C18H20FN5S2/c1-13-20-16(12-25-13)11-23-6-8-24(9-7-23)18-22-21-17(26-18)10-14-2-4-15(19)5-3-14/h2-5,12H,6-11H2,1H3. The summed E-state index contributed by atoms with van der Waals surface area (Å²) in [6, 6.07) is 6.57. The number of nitrogens with zero attached hydrogens (tertiary/aromatic N) is 5. The summed E-state index contributed by atoms with van der Waals surface area (Å²) < 4.78 is 13.0. The molecule has 0 amide bonds. The zero-order valence-electron chi connectivity index (χ0n) is 14.6. The van der Waals surface area contributed by atoms with Gasteiger partial charge in [0.25, 0.3) is 0 Å². The second kappa shape index (κ2) is 7.77. The molecule has 2 aromatic heterocycles. The van der Waals surface area contributed by atoms with Gasteiger partial charge in [0.05, 0.1) is 10.7 Å². The normalized spacial score (nSPS) is 15.5. The first-order valence-electron chi connectivity index (χ1n) is 8.61. The minimum absolute atomic E-state index is 0.211. The Morgan fingerprint density at radius 3 is 2.54 bits per heavy atom. The van der Waals surface area contributed by atoms with Gasteiger partial charge in [0.15, 0.2) is 0 Å². The van der Waals surface area contributed by atoms with Crippen molar-refractivity contribution >= 4 is 27.8 Å². The van der Waals surface area contributed by atoms with E-state index in [-0.39, 0.29) is 5.82 Å². The van der Waals surface area contributed by atoms with Crippen LogP contribution in [0.25, 0.3) is 0 Å². The molecule has 1 aliphatic rings. The molecule has 0 saturated carbocycles. The summed E-state index contributed by atoms with van der Waals surface area (Å²) >= 11 is 3.34. The zero-order chi connectivity index (χ0) is 17.9. The Morgan fingerprint density at radius 2 is 1.85 bits per heavy atom. The van der Waals surface area contributed by atoms with Crippen molar-refractivity contribution in [2.45, 2.75) is 19.9 Å². The van der Waals surface area contributed by atoms with E-state index in [0.717, 1.165) is 53.4 Å². The van der Waals surface area contributed by atoms with Crippen LogP contribution in [0, 0.1) is 12.7 Å². The van der Waals surface area contributed by atoms with Crippen LogP contribution in [0.2, 0.25) is 0 Å². The smallest absolute Gasteiger partial charge is 0.208 e. The molecular formula is C18H20FN5S2. The summed E-state index contributed by atoms with van der Waals surface area (Å²) in [5.41, 5.74) is 2.22. The average Bonchev–Trinajstić information content (AvgIpc) is 3.27. The molecule has 1 aromatic carbocycles. The maximum Gasteiger partial charge on any atom is 0.208 e. The number of hydrogen-bond donors (Lipinski definition) is 0. The van der Waals surface area contributed by atoms with E-state index in [1.54, 1.807) is 34.8 Å². The fourth-order valence-corrected chi connectivity index (χ4v) is 4.56. The first-order valence-corrected chi connectivity index (χ1v) is 10.3. The van der Waals surface area contributed by atoms with Crippen molar-refractivity contribution in [3.8, 4) is 0 Å². The van der Waals surface area contributed by atoms with Crippen LogP contribution in [0.3, 0.4) is 0 Å². The quantitative estimate of drug-likeness (QED) is 0.670. The molecule has 0 unspecified atom stereocenters. The Bertz CT molecular complexity index is 853. The molecule has 0 atom stereocenters. The molecule has 1 saturated heterocycles. The van der Waals surface area contributed by atoms with Crippen molar-refractivity contribution in [2.24, 2.45) is 0 Å². The van der Waals surface area contributed by atoms with Gasteiger partial charge in [-0.3, -0.25) is 4.90 Å². The minimum atomic E-state index is -0.211. The second-order valence-corrected chi connectivity index (χ2v) is 8.51. The number of aromatic nitrogens is 3. The fourth-order valence-electron chi connectivity index (χ4n) is 3.03. The molecule has 136 valence electrons. The van der Waals surface area contributed by atoms with Crippen molar-refractivity contribution in [1.82, 2.24) is 20.1 Å². The van der Waals surface area contributed by atoms with Gasteiger partial charge in [-0.1, -0.05) is 23.5 Å². The van der Waals surface area contributed by atoms with Gasteiger partial charge in [0.1, 0.15) is 10.8 Å². The number of benzene rings is 1. The van der Waals surface area contributed by atoms with E-state index in [1.165, 1.54) is 17.8 Å². The van der Waals surface area contributed by atoms with Crippen molar-refractivity contribution in [2.75, 3.05) is 31.1 Å². The van der Waals surface area contributed by atoms with Crippen molar-refractivity contribution in [3.63, 3.8) is 0 Å². The van der Waals surface area contributed by atoms with E-state index in [4.69, 9.17) is 0 Å². The van der Waals surface area contributed by atoms with Crippen LogP contribution < -0.4 is 4.90 Å². The van der Waals surface area contributed by atoms with Crippen molar-refractivity contribution < 1.29 is 4.39 Å². The predicted molar refractivity (Wildman–Crippen MR) is 103 cm³/mol. The number of thiazole rings is 1. The summed E-state index contributed by atoms with van der Waals surface area (Å²) in [5, 5.41) is 13.9. The SMILES string of the molecule is Cc1nc(CN2CCN(c3nnc(Cc4ccc(F)cc4)s3)CC2)cs1. The third-order valence-electron chi connectivity index (χ3n) is 4.42. The molecule has 0 bridgehead atoms. The van der Waals surface area contributed by atoms with E-state index in [9.17, 15) is 4.39 Å².